The van der Waals surface area contributed by atoms with Crippen molar-refractivity contribution in [2.45, 2.75) is 6.42 Å². The number of carbonyl (C=O) groups is 1. The second kappa shape index (κ2) is 8.09. The van der Waals surface area contributed by atoms with E-state index in [4.69, 9.17) is 4.74 Å². The lowest BCUT2D eigenvalue weighted by molar-refractivity contribution is -0.385. The Kier molecular flexibility index (Phi) is 5.41. The van der Waals surface area contributed by atoms with Crippen LogP contribution in [0.25, 0.3) is 10.8 Å². The first-order valence-electron chi connectivity index (χ1n) is 8.19. The van der Waals surface area contributed by atoms with Gasteiger partial charge in [0.15, 0.2) is 5.75 Å². The summed E-state index contributed by atoms with van der Waals surface area (Å²) in [5, 5.41) is 17.0. The molecule has 27 heavy (non-hydrogen) atoms. The molecule has 7 nitrogen and oxygen atoms in total. The van der Waals surface area contributed by atoms with Crippen molar-refractivity contribution < 1.29 is 14.5 Å². The molecule has 3 rings (SSSR count). The quantitative estimate of drug-likeness (QED) is 0.412. The number of rotatable bonds is 6. The molecule has 0 bridgehead atoms. The minimum atomic E-state index is -0.532. The molecule has 1 N–H and O–H groups in total. The fourth-order valence-electron chi connectivity index (χ4n) is 2.77. The highest BCUT2D eigenvalue weighted by Crippen LogP contribution is 2.26. The van der Waals surface area contributed by atoms with E-state index in [9.17, 15) is 14.9 Å². The van der Waals surface area contributed by atoms with E-state index >= 15 is 0 Å². The van der Waals surface area contributed by atoms with E-state index in [1.165, 1.54) is 25.5 Å². The van der Waals surface area contributed by atoms with Crippen molar-refractivity contribution in [2.75, 3.05) is 7.11 Å². The summed E-state index contributed by atoms with van der Waals surface area (Å²) in [5.74, 6) is -0.109. The molecule has 3 aromatic rings. The molecule has 0 aliphatic carbocycles. The Bertz CT molecular complexity index is 1030. The Hall–Kier alpha value is -3.74. The monoisotopic (exact) mass is 363 g/mol. The Morgan fingerprint density at radius 3 is 2.74 bits per heavy atom. The van der Waals surface area contributed by atoms with Gasteiger partial charge in [-0.15, -0.1) is 0 Å². The number of hydrazone groups is 1. The van der Waals surface area contributed by atoms with Crippen molar-refractivity contribution in [1.82, 2.24) is 5.43 Å². The minimum Gasteiger partial charge on any atom is -0.490 e. The van der Waals surface area contributed by atoms with E-state index in [0.717, 1.165) is 16.3 Å². The summed E-state index contributed by atoms with van der Waals surface area (Å²) in [6.07, 6.45) is 1.54. The average molecular weight is 363 g/mol. The number of carbonyl (C=O) groups excluding carboxylic acids is 1. The molecule has 0 fully saturated rings. The molecule has 0 saturated carbocycles. The van der Waals surface area contributed by atoms with Crippen molar-refractivity contribution in [3.05, 3.63) is 81.9 Å². The minimum absolute atomic E-state index is 0.163. The normalized spacial score (nSPS) is 10.9. The van der Waals surface area contributed by atoms with Crippen LogP contribution < -0.4 is 10.2 Å². The number of hydrogen-bond donors (Lipinski definition) is 1. The van der Waals surface area contributed by atoms with Gasteiger partial charge in [0.1, 0.15) is 0 Å². The van der Waals surface area contributed by atoms with E-state index in [1.807, 2.05) is 42.5 Å². The SMILES string of the molecule is COc1ccc(/C=N\NC(=O)Cc2cccc3ccccc23)cc1[N+](=O)[O-]. The fourth-order valence-corrected chi connectivity index (χ4v) is 2.77. The Labute approximate surface area is 155 Å². The summed E-state index contributed by atoms with van der Waals surface area (Å²) in [6.45, 7) is 0. The van der Waals surface area contributed by atoms with Crippen LogP contribution in [0.1, 0.15) is 11.1 Å². The van der Waals surface area contributed by atoms with Gasteiger partial charge < -0.3 is 4.74 Å². The zero-order valence-electron chi connectivity index (χ0n) is 14.6. The van der Waals surface area contributed by atoms with Crippen molar-refractivity contribution in [2.24, 2.45) is 5.10 Å². The van der Waals surface area contributed by atoms with Gasteiger partial charge in [-0.05, 0) is 28.5 Å². The van der Waals surface area contributed by atoms with Crippen LogP contribution >= 0.6 is 0 Å². The standard InChI is InChI=1S/C20H17N3O4/c1-27-19-10-9-14(11-18(19)23(25)26)13-21-22-20(24)12-16-7-4-6-15-5-2-3-8-17(15)16/h2-11,13H,12H2,1H3,(H,22,24)/b21-13-. The van der Waals surface area contributed by atoms with Crippen LogP contribution in [-0.2, 0) is 11.2 Å². The number of amides is 1. The smallest absolute Gasteiger partial charge is 0.311 e. The lowest BCUT2D eigenvalue weighted by Crippen LogP contribution is -2.19. The number of benzene rings is 3. The first-order valence-corrected chi connectivity index (χ1v) is 8.19. The number of nitrogens with one attached hydrogen (secondary N) is 1. The fraction of sp³-hybridized carbons (Fsp3) is 0.100. The van der Waals surface area contributed by atoms with E-state index in [0.29, 0.717) is 5.56 Å². The van der Waals surface area contributed by atoms with Crippen molar-refractivity contribution >= 4 is 28.6 Å². The predicted octanol–water partition coefficient (Wildman–Crippen LogP) is 3.45. The molecule has 0 atom stereocenters. The zero-order chi connectivity index (χ0) is 19.2. The van der Waals surface area contributed by atoms with Crippen molar-refractivity contribution in [3.8, 4) is 5.75 Å². The second-order valence-corrected chi connectivity index (χ2v) is 5.80. The molecular weight excluding hydrogens is 346 g/mol. The largest absolute Gasteiger partial charge is 0.490 e. The van der Waals surface area contributed by atoms with E-state index in [2.05, 4.69) is 10.5 Å². The third-order valence-electron chi connectivity index (χ3n) is 4.03. The Balaban J connectivity index is 1.68. The van der Waals surface area contributed by atoms with Gasteiger partial charge in [0.25, 0.3) is 0 Å². The van der Waals surface area contributed by atoms with E-state index in [1.54, 1.807) is 6.07 Å². The molecule has 136 valence electrons. The number of fused-ring (bicyclic) bond motifs is 1. The van der Waals surface area contributed by atoms with Gasteiger partial charge in [0.2, 0.25) is 5.91 Å². The van der Waals surface area contributed by atoms with Gasteiger partial charge in [0.05, 0.1) is 24.7 Å². The Morgan fingerprint density at radius 1 is 1.19 bits per heavy atom. The summed E-state index contributed by atoms with van der Waals surface area (Å²) >= 11 is 0. The van der Waals surface area contributed by atoms with Gasteiger partial charge >= 0.3 is 5.69 Å². The molecular formula is C20H17N3O4. The third kappa shape index (κ3) is 4.27. The molecule has 7 heteroatoms. The highest BCUT2D eigenvalue weighted by atomic mass is 16.6. The van der Waals surface area contributed by atoms with E-state index < -0.39 is 4.92 Å². The molecule has 0 spiro atoms. The Morgan fingerprint density at radius 2 is 1.96 bits per heavy atom. The van der Waals surface area contributed by atoms with E-state index in [-0.39, 0.29) is 23.8 Å². The van der Waals surface area contributed by atoms with Crippen LogP contribution in [0.4, 0.5) is 5.69 Å². The number of methoxy groups -OCH3 is 1. The summed E-state index contributed by atoms with van der Waals surface area (Å²) in [4.78, 5) is 22.7. The highest BCUT2D eigenvalue weighted by Gasteiger charge is 2.14. The lowest BCUT2D eigenvalue weighted by Gasteiger charge is -2.05. The van der Waals surface area contributed by atoms with Crippen molar-refractivity contribution in [3.63, 3.8) is 0 Å². The first kappa shape index (κ1) is 18.1. The van der Waals surface area contributed by atoms with Gasteiger partial charge in [0, 0.05) is 11.6 Å². The van der Waals surface area contributed by atoms with Crippen LogP contribution in [-0.4, -0.2) is 24.2 Å². The molecule has 0 aliphatic rings. The maximum absolute atomic E-state index is 12.2. The second-order valence-electron chi connectivity index (χ2n) is 5.80. The topological polar surface area (TPSA) is 93.8 Å². The molecule has 0 heterocycles. The number of hydrogen-bond acceptors (Lipinski definition) is 5. The molecule has 0 aliphatic heterocycles. The van der Waals surface area contributed by atoms with Crippen LogP contribution in [0.3, 0.4) is 0 Å². The van der Waals surface area contributed by atoms with Crippen LogP contribution in [0.15, 0.2) is 65.8 Å². The molecule has 3 aromatic carbocycles. The van der Waals surface area contributed by atoms with Crippen molar-refractivity contribution in [1.29, 1.82) is 0 Å². The maximum Gasteiger partial charge on any atom is 0.311 e. The lowest BCUT2D eigenvalue weighted by atomic mass is 10.0. The number of nitro groups is 1. The van der Waals surface area contributed by atoms with Gasteiger partial charge in [-0.25, -0.2) is 5.43 Å². The summed E-state index contributed by atoms with van der Waals surface area (Å²) < 4.78 is 4.95. The van der Waals surface area contributed by atoms with Crippen LogP contribution in [0.2, 0.25) is 0 Å². The van der Waals surface area contributed by atoms with Gasteiger partial charge in [-0.3, -0.25) is 14.9 Å². The van der Waals surface area contributed by atoms with Gasteiger partial charge in [-0.1, -0.05) is 42.5 Å². The van der Waals surface area contributed by atoms with Crippen LogP contribution in [0.5, 0.6) is 5.75 Å². The number of ether oxygens (including phenoxy) is 1. The summed E-state index contributed by atoms with van der Waals surface area (Å²) in [6, 6.07) is 18.1. The zero-order valence-corrected chi connectivity index (χ0v) is 14.6. The molecule has 0 aromatic heterocycles. The third-order valence-corrected chi connectivity index (χ3v) is 4.03. The highest BCUT2D eigenvalue weighted by molar-refractivity contribution is 5.90. The summed E-state index contributed by atoms with van der Waals surface area (Å²) in [5.41, 5.74) is 3.67. The number of nitro benzene ring substituents is 1. The van der Waals surface area contributed by atoms with Crippen LogP contribution in [0, 0.1) is 10.1 Å². The van der Waals surface area contributed by atoms with Gasteiger partial charge in [-0.2, -0.15) is 5.10 Å². The summed E-state index contributed by atoms with van der Waals surface area (Å²) in [7, 11) is 1.36. The first-order chi connectivity index (χ1) is 13.1. The molecule has 0 unspecified atom stereocenters. The predicted molar refractivity (Wildman–Crippen MR) is 103 cm³/mol. The number of nitrogens with zero attached hydrogens (tertiary/aromatic N) is 2. The molecule has 1 amide bonds. The average Bonchev–Trinajstić information content (AvgIpc) is 2.68. The molecule has 0 radical (unpaired) electrons. The molecule has 0 saturated heterocycles. The maximum atomic E-state index is 12.2.